The van der Waals surface area contributed by atoms with Gasteiger partial charge in [0.15, 0.2) is 6.19 Å². The second-order valence-corrected chi connectivity index (χ2v) is 3.20. The number of hydrogen-bond acceptors (Lipinski definition) is 3. The number of ether oxygens (including phenoxy) is 1. The highest BCUT2D eigenvalue weighted by Crippen LogP contribution is 2.19. The molecule has 0 heterocycles. The summed E-state index contributed by atoms with van der Waals surface area (Å²) in [6, 6.07) is 7.59. The Kier molecular flexibility index (Phi) is 4.87. The van der Waals surface area contributed by atoms with Gasteiger partial charge in [0.25, 0.3) is 0 Å². The Labute approximate surface area is 94.8 Å². The number of para-hydroxylation sites is 1. The van der Waals surface area contributed by atoms with Gasteiger partial charge < -0.3 is 4.74 Å². The zero-order chi connectivity index (χ0) is 11.8. The van der Waals surface area contributed by atoms with E-state index in [0.717, 1.165) is 11.3 Å². The fourth-order valence-electron chi connectivity index (χ4n) is 1.38. The number of carbonyl (C=O) groups excluding carboxylic acids is 1. The quantitative estimate of drug-likeness (QED) is 0.603. The van der Waals surface area contributed by atoms with E-state index in [-0.39, 0.29) is 12.3 Å². The fraction of sp³-hybridized carbons (Fsp3) is 0.333. The number of benzene rings is 1. The van der Waals surface area contributed by atoms with E-state index in [1.165, 1.54) is 0 Å². The second-order valence-electron chi connectivity index (χ2n) is 3.20. The van der Waals surface area contributed by atoms with E-state index < -0.39 is 0 Å². The van der Waals surface area contributed by atoms with Crippen molar-refractivity contribution in [3.63, 3.8) is 0 Å². The average molecular weight is 218 g/mol. The Morgan fingerprint density at radius 2 is 2.25 bits per heavy atom. The Balaban J connectivity index is 2.59. The lowest BCUT2D eigenvalue weighted by Gasteiger charge is -2.08. The summed E-state index contributed by atoms with van der Waals surface area (Å²) in [5, 5.41) is 10.4. The Morgan fingerprint density at radius 1 is 1.50 bits per heavy atom. The first kappa shape index (κ1) is 12.1. The van der Waals surface area contributed by atoms with Gasteiger partial charge in [-0.1, -0.05) is 18.2 Å². The first-order valence-electron chi connectivity index (χ1n) is 5.16. The maximum absolute atomic E-state index is 11.1. The van der Waals surface area contributed by atoms with Crippen LogP contribution in [0.15, 0.2) is 24.3 Å². The number of nitrogens with zero attached hydrogens (tertiary/aromatic N) is 1. The molecular weight excluding hydrogens is 204 g/mol. The summed E-state index contributed by atoms with van der Waals surface area (Å²) < 4.78 is 5.43. The molecule has 0 saturated heterocycles. The summed E-state index contributed by atoms with van der Waals surface area (Å²) in [4.78, 5) is 11.1. The minimum Gasteiger partial charge on any atom is -0.494 e. The van der Waals surface area contributed by atoms with E-state index in [1.54, 1.807) is 6.19 Å². The van der Waals surface area contributed by atoms with Gasteiger partial charge in [-0.15, -0.1) is 0 Å². The molecule has 0 fully saturated rings. The molecule has 84 valence electrons. The maximum atomic E-state index is 11.1. The number of hydrogen-bond donors (Lipinski definition) is 1. The second kappa shape index (κ2) is 6.46. The van der Waals surface area contributed by atoms with Crippen LogP contribution < -0.4 is 10.1 Å². The monoisotopic (exact) mass is 218 g/mol. The summed E-state index contributed by atoms with van der Waals surface area (Å²) in [6.07, 6.45) is 2.48. The molecule has 0 saturated carbocycles. The van der Waals surface area contributed by atoms with Gasteiger partial charge in [0.2, 0.25) is 5.91 Å². The van der Waals surface area contributed by atoms with Crippen molar-refractivity contribution in [1.29, 1.82) is 5.26 Å². The van der Waals surface area contributed by atoms with Crippen LogP contribution in [0.1, 0.15) is 18.9 Å². The molecule has 1 rings (SSSR count). The van der Waals surface area contributed by atoms with Crippen LogP contribution in [-0.4, -0.2) is 12.5 Å². The van der Waals surface area contributed by atoms with E-state index in [2.05, 4.69) is 5.32 Å². The molecule has 0 aromatic heterocycles. The number of carbonyl (C=O) groups is 1. The van der Waals surface area contributed by atoms with Gasteiger partial charge in [0, 0.05) is 6.42 Å². The highest BCUT2D eigenvalue weighted by atomic mass is 16.5. The van der Waals surface area contributed by atoms with Crippen molar-refractivity contribution in [3.8, 4) is 11.9 Å². The predicted octanol–water partition coefficient (Wildman–Crippen LogP) is 1.62. The number of nitriles is 1. The van der Waals surface area contributed by atoms with Crippen LogP contribution in [0.4, 0.5) is 0 Å². The topological polar surface area (TPSA) is 62.1 Å². The summed E-state index contributed by atoms with van der Waals surface area (Å²) >= 11 is 0. The van der Waals surface area contributed by atoms with Crippen LogP contribution in [0.25, 0.3) is 0 Å². The molecule has 0 aliphatic carbocycles. The van der Waals surface area contributed by atoms with E-state index in [1.807, 2.05) is 31.2 Å². The number of rotatable bonds is 5. The Bertz CT molecular complexity index is 396. The molecule has 16 heavy (non-hydrogen) atoms. The molecule has 0 unspecified atom stereocenters. The Hall–Kier alpha value is -2.02. The molecule has 1 aromatic rings. The van der Waals surface area contributed by atoms with Gasteiger partial charge in [-0.2, -0.15) is 5.26 Å². The average Bonchev–Trinajstić information content (AvgIpc) is 2.29. The lowest BCUT2D eigenvalue weighted by molar-refractivity contribution is -0.119. The summed E-state index contributed by atoms with van der Waals surface area (Å²) in [5.74, 6) is 0.531. The number of amides is 1. The molecule has 0 bridgehead atoms. The first-order chi connectivity index (χ1) is 7.77. The SMILES string of the molecule is CCOc1ccccc1CCC(=O)NC#N. The van der Waals surface area contributed by atoms with Gasteiger partial charge in [0.05, 0.1) is 6.61 Å². The van der Waals surface area contributed by atoms with Crippen molar-refractivity contribution in [2.75, 3.05) is 6.61 Å². The molecule has 0 aliphatic heterocycles. The summed E-state index contributed by atoms with van der Waals surface area (Å²) in [5.41, 5.74) is 0.984. The van der Waals surface area contributed by atoms with E-state index in [4.69, 9.17) is 10.00 Å². The van der Waals surface area contributed by atoms with Crippen molar-refractivity contribution in [2.45, 2.75) is 19.8 Å². The van der Waals surface area contributed by atoms with Gasteiger partial charge in [-0.3, -0.25) is 10.1 Å². The molecule has 4 heteroatoms. The highest BCUT2D eigenvalue weighted by Gasteiger charge is 2.05. The minimum atomic E-state index is -0.270. The van der Waals surface area contributed by atoms with E-state index >= 15 is 0 Å². The van der Waals surface area contributed by atoms with Crippen LogP contribution in [0.3, 0.4) is 0 Å². The lowest BCUT2D eigenvalue weighted by atomic mass is 10.1. The van der Waals surface area contributed by atoms with Crippen LogP contribution in [0.5, 0.6) is 5.75 Å². The predicted molar refractivity (Wildman–Crippen MR) is 59.7 cm³/mol. The highest BCUT2D eigenvalue weighted by molar-refractivity contribution is 5.77. The molecule has 0 radical (unpaired) electrons. The maximum Gasteiger partial charge on any atom is 0.233 e. The molecule has 0 atom stereocenters. The minimum absolute atomic E-state index is 0.270. The molecule has 1 amide bonds. The third kappa shape index (κ3) is 3.62. The largest absolute Gasteiger partial charge is 0.494 e. The Morgan fingerprint density at radius 3 is 2.94 bits per heavy atom. The van der Waals surface area contributed by atoms with Crippen LogP contribution in [0, 0.1) is 11.5 Å². The normalized spacial score (nSPS) is 9.25. The molecule has 1 N–H and O–H groups in total. The van der Waals surface area contributed by atoms with Crippen molar-refractivity contribution in [3.05, 3.63) is 29.8 Å². The zero-order valence-electron chi connectivity index (χ0n) is 9.19. The number of aryl methyl sites for hydroxylation is 1. The molecular formula is C12H14N2O2. The lowest BCUT2D eigenvalue weighted by Crippen LogP contribution is -2.17. The van der Waals surface area contributed by atoms with Crippen molar-refractivity contribution >= 4 is 5.91 Å². The van der Waals surface area contributed by atoms with Gasteiger partial charge in [-0.25, -0.2) is 0 Å². The van der Waals surface area contributed by atoms with Gasteiger partial charge in [0.1, 0.15) is 5.75 Å². The van der Waals surface area contributed by atoms with Crippen molar-refractivity contribution in [2.24, 2.45) is 0 Å². The van der Waals surface area contributed by atoms with Crippen molar-refractivity contribution in [1.82, 2.24) is 5.32 Å². The molecule has 0 spiro atoms. The molecule has 1 aromatic carbocycles. The fourth-order valence-corrected chi connectivity index (χ4v) is 1.38. The van der Waals surface area contributed by atoms with Crippen LogP contribution >= 0.6 is 0 Å². The number of nitrogens with one attached hydrogen (secondary N) is 1. The first-order valence-corrected chi connectivity index (χ1v) is 5.16. The summed E-state index contributed by atoms with van der Waals surface area (Å²) in [7, 11) is 0. The standard InChI is InChI=1S/C12H14N2O2/c1-2-16-11-6-4-3-5-10(11)7-8-12(15)14-9-13/h3-6H,2,7-8H2,1H3,(H,14,15). The molecule has 0 aliphatic rings. The van der Waals surface area contributed by atoms with Crippen molar-refractivity contribution < 1.29 is 9.53 Å². The molecule has 4 nitrogen and oxygen atoms in total. The van der Waals surface area contributed by atoms with Crippen LogP contribution in [-0.2, 0) is 11.2 Å². The van der Waals surface area contributed by atoms with E-state index in [9.17, 15) is 4.79 Å². The third-order valence-electron chi connectivity index (χ3n) is 2.09. The summed E-state index contributed by atoms with van der Waals surface area (Å²) in [6.45, 7) is 2.51. The van der Waals surface area contributed by atoms with Crippen LogP contribution in [0.2, 0.25) is 0 Å². The van der Waals surface area contributed by atoms with E-state index in [0.29, 0.717) is 13.0 Å². The van der Waals surface area contributed by atoms with Gasteiger partial charge in [-0.05, 0) is 25.0 Å². The zero-order valence-corrected chi connectivity index (χ0v) is 9.19. The van der Waals surface area contributed by atoms with Gasteiger partial charge >= 0.3 is 0 Å². The smallest absolute Gasteiger partial charge is 0.233 e. The third-order valence-corrected chi connectivity index (χ3v) is 2.09.